The summed E-state index contributed by atoms with van der Waals surface area (Å²) >= 11 is 3.02. The predicted octanol–water partition coefficient (Wildman–Crippen LogP) is 3.65. The van der Waals surface area contributed by atoms with Crippen molar-refractivity contribution in [2.24, 2.45) is 0 Å². The number of carbonyl (C=O) groups excluding carboxylic acids is 1. The zero-order valence-electron chi connectivity index (χ0n) is 15.1. The third-order valence-electron chi connectivity index (χ3n) is 5.13. The Kier molecular flexibility index (Phi) is 4.52. The monoisotopic (exact) mass is 410 g/mol. The van der Waals surface area contributed by atoms with E-state index in [0.29, 0.717) is 16.7 Å². The van der Waals surface area contributed by atoms with E-state index in [1.54, 1.807) is 15.9 Å². The number of thiophene rings is 1. The lowest BCUT2D eigenvalue weighted by atomic mass is 10.1. The maximum absolute atomic E-state index is 13.6. The lowest BCUT2D eigenvalue weighted by Gasteiger charge is -2.10. The number of para-hydroxylation sites is 1. The van der Waals surface area contributed by atoms with E-state index in [-0.39, 0.29) is 5.56 Å². The second-order valence-corrected chi connectivity index (χ2v) is 8.89. The average Bonchev–Trinajstić information content (AvgIpc) is 3.21. The fraction of sp³-hybridized carbons (Fsp3) is 0.300. The molecule has 1 aliphatic carbocycles. The summed E-state index contributed by atoms with van der Waals surface area (Å²) < 4.78 is 3.61. The number of benzene rings is 1. The van der Waals surface area contributed by atoms with E-state index in [1.807, 2.05) is 34.7 Å². The van der Waals surface area contributed by atoms with E-state index in [1.165, 1.54) is 28.6 Å². The summed E-state index contributed by atoms with van der Waals surface area (Å²) in [5.74, 6) is 0.797. The van der Waals surface area contributed by atoms with Crippen molar-refractivity contribution >= 4 is 45.4 Å². The van der Waals surface area contributed by atoms with Gasteiger partial charge in [0.15, 0.2) is 5.16 Å². The lowest BCUT2D eigenvalue weighted by Crippen LogP contribution is -2.22. The molecule has 0 N–H and O–H groups in total. The standard InChI is InChI=1S/C20H18N4O2S2/c25-11-12-27-20-22-21-19-23(13-7-3-1-4-8-13)17(26)16-14-9-5-2-6-10-15(14)28-18(16)24(19)20/h1,3-4,7-8,11H,2,5-6,9-10,12H2. The number of fused-ring (bicyclic) bond motifs is 5. The van der Waals surface area contributed by atoms with E-state index in [2.05, 4.69) is 10.2 Å². The van der Waals surface area contributed by atoms with E-state index < -0.39 is 0 Å². The summed E-state index contributed by atoms with van der Waals surface area (Å²) in [6.45, 7) is 0. The Balaban J connectivity index is 1.92. The highest BCUT2D eigenvalue weighted by Crippen LogP contribution is 2.36. The Hall–Kier alpha value is -2.45. The van der Waals surface area contributed by atoms with Crippen LogP contribution in [0.1, 0.15) is 29.7 Å². The molecule has 1 aliphatic rings. The van der Waals surface area contributed by atoms with E-state index in [0.717, 1.165) is 47.9 Å². The molecule has 8 heteroatoms. The maximum Gasteiger partial charge on any atom is 0.268 e. The highest BCUT2D eigenvalue weighted by molar-refractivity contribution is 7.99. The van der Waals surface area contributed by atoms with Crippen molar-refractivity contribution in [3.8, 4) is 5.69 Å². The number of rotatable bonds is 4. The first-order valence-electron chi connectivity index (χ1n) is 9.36. The summed E-state index contributed by atoms with van der Waals surface area (Å²) in [5, 5.41) is 10.1. The van der Waals surface area contributed by atoms with Gasteiger partial charge in [-0.3, -0.25) is 4.79 Å². The lowest BCUT2D eigenvalue weighted by molar-refractivity contribution is -0.105. The van der Waals surface area contributed by atoms with Crippen LogP contribution in [0.15, 0.2) is 40.3 Å². The number of aryl methyl sites for hydroxylation is 2. The van der Waals surface area contributed by atoms with Gasteiger partial charge in [0.25, 0.3) is 5.56 Å². The second-order valence-electron chi connectivity index (χ2n) is 6.82. The summed E-state index contributed by atoms with van der Waals surface area (Å²) in [6.07, 6.45) is 6.27. The van der Waals surface area contributed by atoms with Gasteiger partial charge in [0.1, 0.15) is 11.1 Å². The second kappa shape index (κ2) is 7.18. The van der Waals surface area contributed by atoms with Crippen molar-refractivity contribution in [2.45, 2.75) is 37.3 Å². The fourth-order valence-corrected chi connectivity index (χ4v) is 5.96. The summed E-state index contributed by atoms with van der Waals surface area (Å²) in [6, 6.07) is 9.57. The molecule has 28 heavy (non-hydrogen) atoms. The molecule has 0 unspecified atom stereocenters. The van der Waals surface area contributed by atoms with Crippen LogP contribution in [0.4, 0.5) is 0 Å². The van der Waals surface area contributed by atoms with Crippen molar-refractivity contribution < 1.29 is 4.79 Å². The van der Waals surface area contributed by atoms with Gasteiger partial charge in [-0.05, 0) is 43.4 Å². The third-order valence-corrected chi connectivity index (χ3v) is 7.24. The number of hydrogen-bond acceptors (Lipinski definition) is 6. The van der Waals surface area contributed by atoms with E-state index in [9.17, 15) is 9.59 Å². The van der Waals surface area contributed by atoms with Gasteiger partial charge in [0.2, 0.25) is 5.78 Å². The molecule has 0 bridgehead atoms. The van der Waals surface area contributed by atoms with Crippen LogP contribution in [0.2, 0.25) is 0 Å². The fourth-order valence-electron chi connectivity index (χ4n) is 3.91. The van der Waals surface area contributed by atoms with Crippen LogP contribution < -0.4 is 5.56 Å². The van der Waals surface area contributed by atoms with Gasteiger partial charge in [0, 0.05) is 4.88 Å². The van der Waals surface area contributed by atoms with Gasteiger partial charge < -0.3 is 4.79 Å². The molecular weight excluding hydrogens is 392 g/mol. The largest absolute Gasteiger partial charge is 0.302 e. The first-order valence-corrected chi connectivity index (χ1v) is 11.2. The minimum Gasteiger partial charge on any atom is -0.302 e. The first-order chi connectivity index (χ1) is 13.8. The van der Waals surface area contributed by atoms with Crippen molar-refractivity contribution in [3.05, 3.63) is 51.1 Å². The number of hydrogen-bond donors (Lipinski definition) is 0. The Labute approximate surface area is 169 Å². The van der Waals surface area contributed by atoms with Crippen molar-refractivity contribution in [1.29, 1.82) is 0 Å². The van der Waals surface area contributed by atoms with Crippen molar-refractivity contribution in [1.82, 2.24) is 19.2 Å². The normalized spacial score (nSPS) is 14.3. The van der Waals surface area contributed by atoms with Crippen LogP contribution in [0.5, 0.6) is 0 Å². The summed E-state index contributed by atoms with van der Waals surface area (Å²) in [4.78, 5) is 26.7. The van der Waals surface area contributed by atoms with Crippen LogP contribution in [0.3, 0.4) is 0 Å². The first kappa shape index (κ1) is 17.6. The Bertz CT molecular complexity index is 1240. The molecule has 142 valence electrons. The van der Waals surface area contributed by atoms with E-state index in [4.69, 9.17) is 0 Å². The third kappa shape index (κ3) is 2.70. The Morgan fingerprint density at radius 1 is 1.11 bits per heavy atom. The number of aldehydes is 1. The number of nitrogens with zero attached hydrogens (tertiary/aromatic N) is 4. The molecule has 0 saturated carbocycles. The molecule has 3 heterocycles. The quantitative estimate of drug-likeness (QED) is 0.292. The molecule has 3 aromatic heterocycles. The van der Waals surface area contributed by atoms with Gasteiger partial charge in [0.05, 0.1) is 16.8 Å². The number of aromatic nitrogens is 4. The van der Waals surface area contributed by atoms with Crippen LogP contribution in [-0.4, -0.2) is 31.2 Å². The minimum absolute atomic E-state index is 0.0348. The highest BCUT2D eigenvalue weighted by Gasteiger charge is 2.24. The van der Waals surface area contributed by atoms with Gasteiger partial charge in [-0.2, -0.15) is 0 Å². The van der Waals surface area contributed by atoms with Crippen LogP contribution in [-0.2, 0) is 17.6 Å². The molecule has 0 atom stereocenters. The zero-order valence-corrected chi connectivity index (χ0v) is 16.8. The Morgan fingerprint density at radius 2 is 1.93 bits per heavy atom. The molecule has 0 saturated heterocycles. The topological polar surface area (TPSA) is 69.3 Å². The zero-order chi connectivity index (χ0) is 19.1. The molecule has 0 spiro atoms. The number of carbonyl (C=O) groups is 1. The molecule has 0 aliphatic heterocycles. The Morgan fingerprint density at radius 3 is 2.75 bits per heavy atom. The van der Waals surface area contributed by atoms with Gasteiger partial charge in [-0.1, -0.05) is 36.4 Å². The molecule has 4 aromatic rings. The van der Waals surface area contributed by atoms with Crippen molar-refractivity contribution in [3.63, 3.8) is 0 Å². The smallest absolute Gasteiger partial charge is 0.268 e. The SMILES string of the molecule is O=CCSc1nnc2n(-c3ccccc3)c(=O)c3c4c(sc3n12)CCCCC4. The van der Waals surface area contributed by atoms with Gasteiger partial charge in [-0.15, -0.1) is 21.5 Å². The minimum atomic E-state index is -0.0348. The molecule has 0 radical (unpaired) electrons. The average molecular weight is 411 g/mol. The molecule has 0 amide bonds. The van der Waals surface area contributed by atoms with Crippen molar-refractivity contribution in [2.75, 3.05) is 5.75 Å². The molecule has 6 nitrogen and oxygen atoms in total. The van der Waals surface area contributed by atoms with Crippen LogP contribution >= 0.6 is 23.1 Å². The predicted molar refractivity (Wildman–Crippen MR) is 112 cm³/mol. The molecule has 1 aromatic carbocycles. The summed E-state index contributed by atoms with van der Waals surface area (Å²) in [7, 11) is 0. The van der Waals surface area contributed by atoms with Gasteiger partial charge >= 0.3 is 0 Å². The molecule has 0 fully saturated rings. The number of thioether (sulfide) groups is 1. The van der Waals surface area contributed by atoms with Crippen LogP contribution in [0, 0.1) is 0 Å². The maximum atomic E-state index is 13.6. The molecule has 5 rings (SSSR count). The van der Waals surface area contributed by atoms with Crippen LogP contribution in [0.25, 0.3) is 21.7 Å². The summed E-state index contributed by atoms with van der Waals surface area (Å²) in [5.41, 5.74) is 1.92. The van der Waals surface area contributed by atoms with Gasteiger partial charge in [-0.25, -0.2) is 8.97 Å². The highest BCUT2D eigenvalue weighted by atomic mass is 32.2. The van der Waals surface area contributed by atoms with E-state index >= 15 is 0 Å². The molecular formula is C20H18N4O2S2.